The number of pyridine rings is 1. The number of hydrogen-bond donors (Lipinski definition) is 2. The molecule has 4 heteroatoms. The van der Waals surface area contributed by atoms with Gasteiger partial charge in [0.25, 0.3) is 0 Å². The zero-order valence-electron chi connectivity index (χ0n) is 10.2. The smallest absolute Gasteiger partial charge is 0.0686 e. The van der Waals surface area contributed by atoms with Gasteiger partial charge in [0.05, 0.1) is 23.7 Å². The van der Waals surface area contributed by atoms with Crippen LogP contribution in [0.2, 0.25) is 0 Å². The van der Waals surface area contributed by atoms with Gasteiger partial charge in [-0.15, -0.1) is 0 Å². The number of anilines is 1. The van der Waals surface area contributed by atoms with Crippen LogP contribution in [0.1, 0.15) is 32.0 Å². The lowest BCUT2D eigenvalue weighted by atomic mass is 10.1. The standard InChI is InChI=1S/C12H21N3O/c1-4-11(13)12-6-5-10(7-14-12)15(3)8-9(2)16/h5-7,9,11,16H,4,8,13H2,1-3H3/t9?,11-/m1/s1. The third-order valence-electron chi connectivity index (χ3n) is 2.57. The second-order valence-electron chi connectivity index (χ2n) is 4.19. The fraction of sp³-hybridized carbons (Fsp3) is 0.583. The van der Waals surface area contributed by atoms with E-state index >= 15 is 0 Å². The second kappa shape index (κ2) is 5.82. The molecule has 0 radical (unpaired) electrons. The molecule has 1 aromatic rings. The van der Waals surface area contributed by atoms with E-state index in [0.717, 1.165) is 17.8 Å². The summed E-state index contributed by atoms with van der Waals surface area (Å²) in [4.78, 5) is 6.30. The fourth-order valence-corrected chi connectivity index (χ4v) is 1.55. The van der Waals surface area contributed by atoms with E-state index in [9.17, 15) is 5.11 Å². The van der Waals surface area contributed by atoms with Gasteiger partial charge in [0.2, 0.25) is 0 Å². The fourth-order valence-electron chi connectivity index (χ4n) is 1.55. The van der Waals surface area contributed by atoms with Crippen LogP contribution in [0.3, 0.4) is 0 Å². The van der Waals surface area contributed by atoms with Crippen LogP contribution in [-0.2, 0) is 0 Å². The van der Waals surface area contributed by atoms with Crippen molar-refractivity contribution >= 4 is 5.69 Å². The van der Waals surface area contributed by atoms with Crippen molar-refractivity contribution in [2.45, 2.75) is 32.4 Å². The maximum absolute atomic E-state index is 9.28. The first-order valence-electron chi connectivity index (χ1n) is 5.65. The number of aliphatic hydroxyl groups is 1. The number of nitrogens with zero attached hydrogens (tertiary/aromatic N) is 2. The maximum Gasteiger partial charge on any atom is 0.0686 e. The molecule has 2 atom stereocenters. The summed E-state index contributed by atoms with van der Waals surface area (Å²) in [5, 5.41) is 9.28. The molecule has 0 amide bonds. The zero-order chi connectivity index (χ0) is 12.1. The number of aliphatic hydroxyl groups excluding tert-OH is 1. The minimum absolute atomic E-state index is 0.0103. The van der Waals surface area contributed by atoms with Gasteiger partial charge in [-0.05, 0) is 25.5 Å². The van der Waals surface area contributed by atoms with Gasteiger partial charge in [-0.3, -0.25) is 4.98 Å². The first-order valence-corrected chi connectivity index (χ1v) is 5.65. The summed E-state index contributed by atoms with van der Waals surface area (Å²) in [7, 11) is 1.93. The van der Waals surface area contributed by atoms with Crippen molar-refractivity contribution in [3.8, 4) is 0 Å². The van der Waals surface area contributed by atoms with Crippen molar-refractivity contribution in [1.29, 1.82) is 0 Å². The Kier molecular flexibility index (Phi) is 4.71. The van der Waals surface area contributed by atoms with E-state index in [1.807, 2.05) is 31.0 Å². The van der Waals surface area contributed by atoms with E-state index in [0.29, 0.717) is 6.54 Å². The van der Waals surface area contributed by atoms with Gasteiger partial charge >= 0.3 is 0 Å². The third kappa shape index (κ3) is 3.47. The van der Waals surface area contributed by atoms with E-state index in [2.05, 4.69) is 4.98 Å². The van der Waals surface area contributed by atoms with Gasteiger partial charge in [-0.1, -0.05) is 6.92 Å². The molecule has 1 heterocycles. The average molecular weight is 223 g/mol. The molecule has 3 N–H and O–H groups in total. The highest BCUT2D eigenvalue weighted by atomic mass is 16.3. The van der Waals surface area contributed by atoms with Crippen molar-refractivity contribution in [1.82, 2.24) is 4.98 Å². The first kappa shape index (κ1) is 12.9. The van der Waals surface area contributed by atoms with Crippen LogP contribution in [0.25, 0.3) is 0 Å². The Labute approximate surface area is 97.1 Å². The lowest BCUT2D eigenvalue weighted by Gasteiger charge is -2.21. The molecule has 0 aliphatic heterocycles. The van der Waals surface area contributed by atoms with Crippen LogP contribution in [-0.4, -0.2) is 29.8 Å². The summed E-state index contributed by atoms with van der Waals surface area (Å²) in [6.45, 7) is 4.41. The minimum atomic E-state index is -0.345. The van der Waals surface area contributed by atoms with Gasteiger partial charge in [0.1, 0.15) is 0 Å². The number of aromatic nitrogens is 1. The number of nitrogens with two attached hydrogens (primary N) is 1. The third-order valence-corrected chi connectivity index (χ3v) is 2.57. The summed E-state index contributed by atoms with van der Waals surface area (Å²) >= 11 is 0. The van der Waals surface area contributed by atoms with Gasteiger partial charge < -0.3 is 15.7 Å². The van der Waals surface area contributed by atoms with Gasteiger partial charge in [-0.2, -0.15) is 0 Å². The van der Waals surface area contributed by atoms with Crippen LogP contribution in [0.15, 0.2) is 18.3 Å². The Morgan fingerprint density at radius 1 is 1.50 bits per heavy atom. The highest BCUT2D eigenvalue weighted by Crippen LogP contribution is 2.16. The molecule has 0 saturated carbocycles. The number of rotatable bonds is 5. The molecule has 0 saturated heterocycles. The summed E-state index contributed by atoms with van der Waals surface area (Å²) in [6.07, 6.45) is 2.34. The SMILES string of the molecule is CC[C@@H](N)c1ccc(N(C)CC(C)O)cn1. The van der Waals surface area contributed by atoms with Gasteiger partial charge in [0, 0.05) is 19.6 Å². The molecule has 0 spiro atoms. The molecule has 1 unspecified atom stereocenters. The molecule has 90 valence electrons. The zero-order valence-corrected chi connectivity index (χ0v) is 10.2. The molecule has 0 fully saturated rings. The molecule has 4 nitrogen and oxygen atoms in total. The van der Waals surface area contributed by atoms with Gasteiger partial charge in [0.15, 0.2) is 0 Å². The molecular weight excluding hydrogens is 202 g/mol. The van der Waals surface area contributed by atoms with E-state index in [1.54, 1.807) is 13.1 Å². The summed E-state index contributed by atoms with van der Waals surface area (Å²) < 4.78 is 0. The molecule has 1 rings (SSSR count). The van der Waals surface area contributed by atoms with Crippen LogP contribution in [0.4, 0.5) is 5.69 Å². The Balaban J connectivity index is 2.70. The largest absolute Gasteiger partial charge is 0.392 e. The highest BCUT2D eigenvalue weighted by molar-refractivity contribution is 5.43. The lowest BCUT2D eigenvalue weighted by molar-refractivity contribution is 0.201. The molecular formula is C12H21N3O. The molecule has 16 heavy (non-hydrogen) atoms. The Hall–Kier alpha value is -1.13. The van der Waals surface area contributed by atoms with Crippen molar-refractivity contribution in [2.75, 3.05) is 18.5 Å². The summed E-state index contributed by atoms with van der Waals surface area (Å²) in [5.41, 5.74) is 7.79. The predicted molar refractivity (Wildman–Crippen MR) is 66.4 cm³/mol. The summed E-state index contributed by atoms with van der Waals surface area (Å²) in [6, 6.07) is 3.94. The predicted octanol–water partition coefficient (Wildman–Crippen LogP) is 1.31. The van der Waals surface area contributed by atoms with Crippen LogP contribution in [0.5, 0.6) is 0 Å². The molecule has 0 aliphatic rings. The van der Waals surface area contributed by atoms with Crippen LogP contribution >= 0.6 is 0 Å². The second-order valence-corrected chi connectivity index (χ2v) is 4.19. The van der Waals surface area contributed by atoms with E-state index in [1.165, 1.54) is 0 Å². The van der Waals surface area contributed by atoms with Crippen LogP contribution in [0, 0.1) is 0 Å². The Bertz CT molecular complexity index is 311. The van der Waals surface area contributed by atoms with Crippen LogP contribution < -0.4 is 10.6 Å². The minimum Gasteiger partial charge on any atom is -0.392 e. The normalized spacial score (nSPS) is 14.6. The molecule has 0 aromatic carbocycles. The Morgan fingerprint density at radius 3 is 2.62 bits per heavy atom. The van der Waals surface area contributed by atoms with Crippen molar-refractivity contribution in [2.24, 2.45) is 5.73 Å². The lowest BCUT2D eigenvalue weighted by Crippen LogP contribution is -2.27. The maximum atomic E-state index is 9.28. The first-order chi connectivity index (χ1) is 7.54. The number of hydrogen-bond acceptors (Lipinski definition) is 4. The topological polar surface area (TPSA) is 62.4 Å². The van der Waals surface area contributed by atoms with E-state index < -0.39 is 0 Å². The highest BCUT2D eigenvalue weighted by Gasteiger charge is 2.07. The van der Waals surface area contributed by atoms with Crippen molar-refractivity contribution in [3.63, 3.8) is 0 Å². The Morgan fingerprint density at radius 2 is 2.19 bits per heavy atom. The van der Waals surface area contributed by atoms with E-state index in [4.69, 9.17) is 5.73 Å². The van der Waals surface area contributed by atoms with E-state index in [-0.39, 0.29) is 12.1 Å². The quantitative estimate of drug-likeness (QED) is 0.790. The molecule has 0 aliphatic carbocycles. The number of likely N-dealkylation sites (N-methyl/N-ethyl adjacent to an activating group) is 1. The average Bonchev–Trinajstić information content (AvgIpc) is 2.27. The molecule has 0 bridgehead atoms. The monoisotopic (exact) mass is 223 g/mol. The van der Waals surface area contributed by atoms with Crippen molar-refractivity contribution < 1.29 is 5.11 Å². The molecule has 1 aromatic heterocycles. The van der Waals surface area contributed by atoms with Crippen molar-refractivity contribution in [3.05, 3.63) is 24.0 Å². The summed E-state index contributed by atoms with van der Waals surface area (Å²) in [5.74, 6) is 0. The van der Waals surface area contributed by atoms with Gasteiger partial charge in [-0.25, -0.2) is 0 Å².